The monoisotopic (exact) mass is 490 g/mol. The molecule has 0 aliphatic carbocycles. The molecule has 0 aliphatic heterocycles. The molecule has 1 N–H and O–H groups in total. The first kappa shape index (κ1) is 22.2. The van der Waals surface area contributed by atoms with E-state index < -0.39 is 0 Å². The molecule has 1 atom stereocenters. The van der Waals surface area contributed by atoms with Crippen LogP contribution in [0.25, 0.3) is 0 Å². The van der Waals surface area contributed by atoms with E-state index in [-0.39, 0.29) is 26.5 Å². The summed E-state index contributed by atoms with van der Waals surface area (Å²) in [4.78, 5) is 12.3. The van der Waals surface area contributed by atoms with E-state index >= 15 is 0 Å². The van der Waals surface area contributed by atoms with E-state index in [9.17, 15) is 0 Å². The normalized spacial score (nSPS) is 11.9. The maximum Gasteiger partial charge on any atom is 0.239 e. The molecule has 29 heavy (non-hydrogen) atoms. The van der Waals surface area contributed by atoms with Gasteiger partial charge in [0.05, 0.1) is 16.1 Å². The molecule has 5 nitrogen and oxygen atoms in total. The highest BCUT2D eigenvalue weighted by molar-refractivity contribution is 6.42. The Bertz CT molecular complexity index is 999. The minimum atomic E-state index is -0.294. The van der Waals surface area contributed by atoms with E-state index in [1.165, 1.54) is 12.4 Å². The van der Waals surface area contributed by atoms with Crippen molar-refractivity contribution < 1.29 is 4.74 Å². The molecule has 152 valence electrons. The quantitative estimate of drug-likeness (QED) is 0.278. The van der Waals surface area contributed by atoms with Crippen LogP contribution in [0.1, 0.15) is 23.6 Å². The molecule has 0 saturated heterocycles. The molecular formula is C19H15Cl5N4O. The van der Waals surface area contributed by atoms with Crippen LogP contribution in [0, 0.1) is 0 Å². The number of ether oxygens (including phenoxy) is 1. The van der Waals surface area contributed by atoms with Crippen LogP contribution < -0.4 is 10.1 Å². The molecule has 1 unspecified atom stereocenters. The zero-order valence-electron chi connectivity index (χ0n) is 15.1. The summed E-state index contributed by atoms with van der Waals surface area (Å²) >= 11 is 30.2. The van der Waals surface area contributed by atoms with Crippen LogP contribution >= 0.6 is 58.0 Å². The number of benzene rings is 1. The van der Waals surface area contributed by atoms with E-state index in [0.717, 1.165) is 12.0 Å². The number of anilines is 1. The minimum Gasteiger partial charge on any atom is -0.437 e. The summed E-state index contributed by atoms with van der Waals surface area (Å²) in [6, 6.07) is 9.01. The number of nitrogens with one attached hydrogen (secondary N) is 1. The Hall–Kier alpha value is -1.50. The second-order valence-electron chi connectivity index (χ2n) is 6.01. The maximum atomic E-state index is 6.29. The van der Waals surface area contributed by atoms with Crippen LogP contribution in [0.3, 0.4) is 0 Å². The molecule has 0 amide bonds. The molecule has 2 aromatic heterocycles. The number of pyridine rings is 1. The molecule has 10 heteroatoms. The van der Waals surface area contributed by atoms with Gasteiger partial charge in [-0.2, -0.15) is 4.98 Å². The highest BCUT2D eigenvalue weighted by atomic mass is 35.5. The first-order valence-electron chi connectivity index (χ1n) is 8.52. The van der Waals surface area contributed by atoms with Gasteiger partial charge in [-0.3, -0.25) is 0 Å². The van der Waals surface area contributed by atoms with E-state index in [1.54, 1.807) is 0 Å². The van der Waals surface area contributed by atoms with E-state index in [1.807, 2.05) is 31.2 Å². The van der Waals surface area contributed by atoms with E-state index in [0.29, 0.717) is 28.8 Å². The summed E-state index contributed by atoms with van der Waals surface area (Å²) in [7, 11) is 0. The van der Waals surface area contributed by atoms with Crippen molar-refractivity contribution in [3.8, 4) is 11.6 Å². The van der Waals surface area contributed by atoms with E-state index in [4.69, 9.17) is 62.7 Å². The number of halogens is 5. The van der Waals surface area contributed by atoms with Gasteiger partial charge in [-0.15, -0.1) is 11.6 Å². The Morgan fingerprint density at radius 1 is 1.03 bits per heavy atom. The van der Waals surface area contributed by atoms with Crippen molar-refractivity contribution in [3.63, 3.8) is 0 Å². The summed E-state index contributed by atoms with van der Waals surface area (Å²) < 4.78 is 5.68. The Morgan fingerprint density at radius 3 is 2.45 bits per heavy atom. The van der Waals surface area contributed by atoms with Gasteiger partial charge in [-0.1, -0.05) is 58.5 Å². The predicted octanol–water partition coefficient (Wildman–Crippen LogP) is 7.23. The molecular weight excluding hydrogens is 478 g/mol. The third kappa shape index (κ3) is 5.77. The highest BCUT2D eigenvalue weighted by Crippen LogP contribution is 2.33. The van der Waals surface area contributed by atoms with Crippen molar-refractivity contribution in [1.29, 1.82) is 0 Å². The van der Waals surface area contributed by atoms with Gasteiger partial charge in [-0.25, -0.2) is 9.97 Å². The third-order valence-corrected chi connectivity index (χ3v) is 5.41. The smallest absolute Gasteiger partial charge is 0.239 e. The van der Waals surface area contributed by atoms with Crippen molar-refractivity contribution in [2.75, 3.05) is 11.9 Å². The van der Waals surface area contributed by atoms with Crippen LogP contribution in [0.4, 0.5) is 5.82 Å². The molecule has 0 radical (unpaired) electrons. The zero-order chi connectivity index (χ0) is 21.0. The van der Waals surface area contributed by atoms with Crippen molar-refractivity contribution in [1.82, 2.24) is 15.0 Å². The molecule has 0 saturated carbocycles. The van der Waals surface area contributed by atoms with Crippen molar-refractivity contribution >= 4 is 63.8 Å². The lowest BCUT2D eigenvalue weighted by Gasteiger charge is -2.11. The van der Waals surface area contributed by atoms with Crippen LogP contribution in [0.2, 0.25) is 20.2 Å². The summed E-state index contributed by atoms with van der Waals surface area (Å²) in [6.45, 7) is 2.44. The highest BCUT2D eigenvalue weighted by Gasteiger charge is 2.13. The van der Waals surface area contributed by atoms with Gasteiger partial charge < -0.3 is 10.1 Å². The van der Waals surface area contributed by atoms with Gasteiger partial charge in [0.2, 0.25) is 5.88 Å². The number of rotatable bonds is 7. The first-order valence-corrected chi connectivity index (χ1v) is 10.5. The average molecular weight is 493 g/mol. The second kappa shape index (κ2) is 10.0. The Kier molecular flexibility index (Phi) is 7.66. The average Bonchev–Trinajstić information content (AvgIpc) is 2.68. The maximum absolute atomic E-state index is 6.29. The van der Waals surface area contributed by atoms with Crippen molar-refractivity contribution in [2.45, 2.75) is 18.7 Å². The fourth-order valence-electron chi connectivity index (χ4n) is 2.45. The molecule has 3 aromatic rings. The van der Waals surface area contributed by atoms with Gasteiger partial charge in [0.15, 0.2) is 5.15 Å². The van der Waals surface area contributed by atoms with Crippen LogP contribution in [-0.2, 0) is 6.42 Å². The molecule has 0 fully saturated rings. The largest absolute Gasteiger partial charge is 0.437 e. The van der Waals surface area contributed by atoms with Crippen LogP contribution in [-0.4, -0.2) is 21.5 Å². The standard InChI is InChI=1S/C19H15Cl5N4O/c1-10(20)16-15(23)18(27-9-26-16)25-7-6-11-2-4-12(5-3-11)29-19-14(22)8-13(21)17(24)28-19/h2-5,8-10H,6-7H2,1H3,(H,25,26,27). The number of hydrogen-bond donors (Lipinski definition) is 1. The fraction of sp³-hybridized carbons (Fsp3) is 0.211. The lowest BCUT2D eigenvalue weighted by Crippen LogP contribution is -2.08. The molecule has 1 aromatic carbocycles. The summed E-state index contributed by atoms with van der Waals surface area (Å²) in [5, 5.41) is 4.02. The lowest BCUT2D eigenvalue weighted by atomic mass is 10.1. The number of hydrogen-bond acceptors (Lipinski definition) is 5. The van der Waals surface area contributed by atoms with Gasteiger partial charge >= 0.3 is 0 Å². The lowest BCUT2D eigenvalue weighted by molar-refractivity contribution is 0.463. The van der Waals surface area contributed by atoms with Gasteiger partial charge in [0.25, 0.3) is 0 Å². The Labute approximate surface area is 193 Å². The Balaban J connectivity index is 1.59. The topological polar surface area (TPSA) is 59.9 Å². The van der Waals surface area contributed by atoms with Gasteiger partial charge in [-0.05, 0) is 37.1 Å². The third-order valence-electron chi connectivity index (χ3n) is 3.89. The van der Waals surface area contributed by atoms with Gasteiger partial charge in [0.1, 0.15) is 27.9 Å². The van der Waals surface area contributed by atoms with Crippen LogP contribution in [0.15, 0.2) is 36.7 Å². The number of nitrogens with zero attached hydrogens (tertiary/aromatic N) is 3. The van der Waals surface area contributed by atoms with E-state index in [2.05, 4.69) is 20.3 Å². The molecule has 2 heterocycles. The molecule has 0 aliphatic rings. The zero-order valence-corrected chi connectivity index (χ0v) is 18.9. The first-order chi connectivity index (χ1) is 13.8. The summed E-state index contributed by atoms with van der Waals surface area (Å²) in [6.07, 6.45) is 2.19. The molecule has 0 bridgehead atoms. The Morgan fingerprint density at radius 2 is 1.76 bits per heavy atom. The number of alkyl halides is 1. The predicted molar refractivity (Wildman–Crippen MR) is 119 cm³/mol. The molecule has 3 rings (SSSR count). The summed E-state index contributed by atoms with van der Waals surface area (Å²) in [5.41, 5.74) is 1.69. The van der Waals surface area contributed by atoms with Gasteiger partial charge in [0, 0.05) is 6.54 Å². The fourth-order valence-corrected chi connectivity index (χ4v) is 3.52. The van der Waals surface area contributed by atoms with Crippen LogP contribution in [0.5, 0.6) is 11.6 Å². The SMILES string of the molecule is CC(Cl)c1ncnc(NCCc2ccc(Oc3nc(Cl)c(Cl)cc3Cl)cc2)c1Cl. The number of aromatic nitrogens is 3. The second-order valence-corrected chi connectivity index (χ2v) is 8.21. The van der Waals surface area contributed by atoms with Crippen molar-refractivity contribution in [2.24, 2.45) is 0 Å². The molecule has 0 spiro atoms. The summed E-state index contributed by atoms with van der Waals surface area (Å²) in [5.74, 6) is 1.33. The van der Waals surface area contributed by atoms with Crippen molar-refractivity contribution in [3.05, 3.63) is 68.1 Å². The minimum absolute atomic E-state index is 0.129.